The van der Waals surface area contributed by atoms with Gasteiger partial charge in [-0.15, -0.1) is 13.2 Å². The smallest absolute Gasteiger partial charge is 0.263 e. The van der Waals surface area contributed by atoms with E-state index < -0.39 is 6.10 Å². The van der Waals surface area contributed by atoms with E-state index in [9.17, 15) is 4.79 Å². The maximum Gasteiger partial charge on any atom is 0.263 e. The van der Waals surface area contributed by atoms with E-state index in [0.717, 1.165) is 32.5 Å². The molecule has 3 N–H and O–H groups in total. The summed E-state index contributed by atoms with van der Waals surface area (Å²) in [7, 11) is 0. The molecule has 1 aliphatic rings. The Kier molecular flexibility index (Phi) is 5.90. The van der Waals surface area contributed by atoms with Gasteiger partial charge in [-0.2, -0.15) is 0 Å². The van der Waals surface area contributed by atoms with Crippen molar-refractivity contribution in [3.63, 3.8) is 0 Å². The fourth-order valence-electron chi connectivity index (χ4n) is 2.00. The molecule has 1 amide bonds. The quantitative estimate of drug-likeness (QED) is 0.288. The predicted molar refractivity (Wildman–Crippen MR) is 67.1 cm³/mol. The van der Waals surface area contributed by atoms with E-state index in [-0.39, 0.29) is 12.0 Å². The molecule has 96 valence electrons. The van der Waals surface area contributed by atoms with Crippen LogP contribution in [-0.2, 0) is 9.53 Å². The van der Waals surface area contributed by atoms with Crippen molar-refractivity contribution < 1.29 is 9.53 Å². The van der Waals surface area contributed by atoms with E-state index in [1.807, 2.05) is 12.2 Å². The molecule has 5 heteroatoms. The van der Waals surface area contributed by atoms with Gasteiger partial charge in [-0.1, -0.05) is 12.2 Å². The molecule has 17 heavy (non-hydrogen) atoms. The van der Waals surface area contributed by atoms with Crippen LogP contribution < -0.4 is 11.3 Å². The van der Waals surface area contributed by atoms with E-state index in [4.69, 9.17) is 10.6 Å². The van der Waals surface area contributed by atoms with Gasteiger partial charge in [0.1, 0.15) is 6.10 Å². The number of ether oxygens (including phenoxy) is 1. The first-order chi connectivity index (χ1) is 8.21. The molecule has 0 spiro atoms. The average molecular weight is 239 g/mol. The summed E-state index contributed by atoms with van der Waals surface area (Å²) in [5.74, 6) is 4.83. The lowest BCUT2D eigenvalue weighted by Gasteiger charge is -2.22. The van der Waals surface area contributed by atoms with Crippen LogP contribution in [0.3, 0.4) is 0 Å². The fraction of sp³-hybridized carbons (Fsp3) is 0.583. The molecule has 1 aliphatic heterocycles. The molecule has 0 aromatic rings. The van der Waals surface area contributed by atoms with Crippen LogP contribution in [-0.4, -0.2) is 42.6 Å². The highest BCUT2D eigenvalue weighted by atomic mass is 16.5. The van der Waals surface area contributed by atoms with E-state index in [2.05, 4.69) is 23.5 Å². The highest BCUT2D eigenvalue weighted by Crippen LogP contribution is 2.20. The molecule has 1 fully saturated rings. The minimum atomic E-state index is -0.403. The first-order valence-corrected chi connectivity index (χ1v) is 5.81. The Morgan fingerprint density at radius 1 is 1.41 bits per heavy atom. The van der Waals surface area contributed by atoms with Gasteiger partial charge < -0.3 is 4.74 Å². The second-order valence-electron chi connectivity index (χ2n) is 4.13. The lowest BCUT2D eigenvalue weighted by atomic mass is 10.2. The number of hydrogen-bond donors (Lipinski definition) is 2. The topological polar surface area (TPSA) is 67.6 Å². The van der Waals surface area contributed by atoms with Gasteiger partial charge in [0.25, 0.3) is 5.91 Å². The van der Waals surface area contributed by atoms with Crippen LogP contribution in [0.4, 0.5) is 0 Å². The van der Waals surface area contributed by atoms with Gasteiger partial charge >= 0.3 is 0 Å². The van der Waals surface area contributed by atoms with E-state index >= 15 is 0 Å². The molecule has 2 atom stereocenters. The normalized spacial score (nSPS) is 23.6. The molecule has 0 aliphatic carbocycles. The van der Waals surface area contributed by atoms with Gasteiger partial charge in [-0.3, -0.25) is 15.1 Å². The number of nitrogens with one attached hydrogen (secondary N) is 1. The fourth-order valence-corrected chi connectivity index (χ4v) is 2.00. The van der Waals surface area contributed by atoms with Crippen molar-refractivity contribution in [1.82, 2.24) is 10.3 Å². The highest BCUT2D eigenvalue weighted by Gasteiger charge is 2.30. The lowest BCUT2D eigenvalue weighted by Crippen LogP contribution is -2.40. The third kappa shape index (κ3) is 4.30. The SMILES string of the molecule is C=CCN(CC=C)CC1CCC(C(=O)NN)O1. The molecule has 0 aromatic carbocycles. The van der Waals surface area contributed by atoms with Crippen LogP contribution in [0.2, 0.25) is 0 Å². The van der Waals surface area contributed by atoms with E-state index in [1.54, 1.807) is 0 Å². The highest BCUT2D eigenvalue weighted by molar-refractivity contribution is 5.80. The number of carbonyl (C=O) groups excluding carboxylic acids is 1. The summed E-state index contributed by atoms with van der Waals surface area (Å²) < 4.78 is 5.63. The summed E-state index contributed by atoms with van der Waals surface area (Å²) in [5.41, 5.74) is 2.12. The van der Waals surface area contributed by atoms with Gasteiger partial charge in [0.15, 0.2) is 0 Å². The number of carbonyl (C=O) groups is 1. The summed E-state index contributed by atoms with van der Waals surface area (Å²) in [4.78, 5) is 13.5. The van der Waals surface area contributed by atoms with Crippen LogP contribution in [0.25, 0.3) is 0 Å². The standard InChI is InChI=1S/C12H21N3O2/c1-3-7-15(8-4-2)9-10-5-6-11(17-10)12(16)14-13/h3-4,10-11H,1-2,5-9,13H2,(H,14,16). The van der Waals surface area contributed by atoms with Gasteiger partial charge in [-0.25, -0.2) is 5.84 Å². The molecular weight excluding hydrogens is 218 g/mol. The Labute approximate surface area is 102 Å². The minimum Gasteiger partial charge on any atom is -0.364 e. The number of rotatable bonds is 7. The summed E-state index contributed by atoms with van der Waals surface area (Å²) in [6.07, 6.45) is 4.98. The molecule has 1 rings (SSSR count). The van der Waals surface area contributed by atoms with Crippen LogP contribution in [0, 0.1) is 0 Å². The van der Waals surface area contributed by atoms with Crippen molar-refractivity contribution in [1.29, 1.82) is 0 Å². The monoisotopic (exact) mass is 239 g/mol. The van der Waals surface area contributed by atoms with E-state index in [1.165, 1.54) is 0 Å². The van der Waals surface area contributed by atoms with Crippen LogP contribution >= 0.6 is 0 Å². The van der Waals surface area contributed by atoms with Crippen molar-refractivity contribution in [2.75, 3.05) is 19.6 Å². The van der Waals surface area contributed by atoms with Crippen molar-refractivity contribution in [2.45, 2.75) is 25.0 Å². The Hall–Kier alpha value is -1.17. The molecular formula is C12H21N3O2. The Balaban J connectivity index is 2.39. The molecule has 2 unspecified atom stereocenters. The van der Waals surface area contributed by atoms with Crippen LogP contribution in [0.15, 0.2) is 25.3 Å². The zero-order chi connectivity index (χ0) is 12.7. The molecule has 0 bridgehead atoms. The number of nitrogens with two attached hydrogens (primary N) is 1. The summed E-state index contributed by atoms with van der Waals surface area (Å²) in [6, 6.07) is 0. The number of hydrogen-bond acceptors (Lipinski definition) is 4. The number of nitrogens with zero attached hydrogens (tertiary/aromatic N) is 1. The molecule has 0 saturated carbocycles. The maximum absolute atomic E-state index is 11.3. The molecule has 0 radical (unpaired) electrons. The first kappa shape index (κ1) is 13.9. The van der Waals surface area contributed by atoms with Crippen LogP contribution in [0.1, 0.15) is 12.8 Å². The number of hydrazine groups is 1. The van der Waals surface area contributed by atoms with Gasteiger partial charge in [0.2, 0.25) is 0 Å². The first-order valence-electron chi connectivity index (χ1n) is 5.81. The zero-order valence-corrected chi connectivity index (χ0v) is 10.1. The predicted octanol–water partition coefficient (Wildman–Crippen LogP) is 0.198. The van der Waals surface area contributed by atoms with E-state index in [0.29, 0.717) is 0 Å². The van der Waals surface area contributed by atoms with Crippen LogP contribution in [0.5, 0.6) is 0 Å². The molecule has 1 saturated heterocycles. The van der Waals surface area contributed by atoms with Crippen molar-refractivity contribution in [3.05, 3.63) is 25.3 Å². The molecule has 5 nitrogen and oxygen atoms in total. The summed E-state index contributed by atoms with van der Waals surface area (Å²) in [5, 5.41) is 0. The largest absolute Gasteiger partial charge is 0.364 e. The minimum absolute atomic E-state index is 0.0807. The zero-order valence-electron chi connectivity index (χ0n) is 10.1. The lowest BCUT2D eigenvalue weighted by molar-refractivity contribution is -0.132. The second-order valence-corrected chi connectivity index (χ2v) is 4.13. The molecule has 1 heterocycles. The van der Waals surface area contributed by atoms with Gasteiger partial charge in [0.05, 0.1) is 6.10 Å². The summed E-state index contributed by atoms with van der Waals surface area (Å²) >= 11 is 0. The maximum atomic E-state index is 11.3. The third-order valence-electron chi connectivity index (χ3n) is 2.78. The molecule has 0 aromatic heterocycles. The Bertz CT molecular complexity index is 271. The summed E-state index contributed by atoms with van der Waals surface area (Å²) in [6.45, 7) is 9.80. The second kappa shape index (κ2) is 7.21. The van der Waals surface area contributed by atoms with Crippen molar-refractivity contribution in [2.24, 2.45) is 5.84 Å². The van der Waals surface area contributed by atoms with Crippen molar-refractivity contribution >= 4 is 5.91 Å². The van der Waals surface area contributed by atoms with Gasteiger partial charge in [0, 0.05) is 19.6 Å². The average Bonchev–Trinajstić information content (AvgIpc) is 2.77. The Morgan fingerprint density at radius 3 is 2.59 bits per heavy atom. The Morgan fingerprint density at radius 2 is 2.06 bits per heavy atom. The third-order valence-corrected chi connectivity index (χ3v) is 2.78. The van der Waals surface area contributed by atoms with Crippen molar-refractivity contribution in [3.8, 4) is 0 Å². The van der Waals surface area contributed by atoms with Gasteiger partial charge in [-0.05, 0) is 12.8 Å². The number of amides is 1.